The highest BCUT2D eigenvalue weighted by Crippen LogP contribution is 2.35. The molecule has 0 amide bonds. The highest BCUT2D eigenvalue weighted by molar-refractivity contribution is 7.46. The first kappa shape index (κ1) is 21.7. The van der Waals surface area contributed by atoms with Crippen molar-refractivity contribution in [2.75, 3.05) is 13.2 Å². The Labute approximate surface area is 184 Å². The van der Waals surface area contributed by atoms with Crippen LogP contribution in [0.5, 0.6) is 5.75 Å². The van der Waals surface area contributed by atoms with Crippen molar-refractivity contribution in [3.05, 3.63) is 79.0 Å². The standard InChI is InChI=1S/C22H19N4O5P/c27-32(28,29)31-15-14-30-18-11-9-17(10-12-18)20-21(16-6-2-1-3-7-16)25-26-22(24-20)19-8-4-5-13-23-19/h1-13H,14-15H2,(H2,27,28,29). The first-order valence-electron chi connectivity index (χ1n) is 9.64. The van der Waals surface area contributed by atoms with Gasteiger partial charge in [-0.1, -0.05) is 36.4 Å². The minimum atomic E-state index is -4.51. The molecule has 0 spiro atoms. The molecule has 10 heteroatoms. The number of ether oxygens (including phenoxy) is 1. The topological polar surface area (TPSA) is 128 Å². The van der Waals surface area contributed by atoms with Crippen LogP contribution in [-0.2, 0) is 9.09 Å². The molecule has 2 N–H and O–H groups in total. The van der Waals surface area contributed by atoms with Crippen molar-refractivity contribution in [2.45, 2.75) is 0 Å². The predicted octanol–water partition coefficient (Wildman–Crippen LogP) is 3.76. The van der Waals surface area contributed by atoms with E-state index in [1.54, 1.807) is 18.3 Å². The number of nitrogens with zero attached hydrogens (tertiary/aromatic N) is 4. The lowest BCUT2D eigenvalue weighted by Crippen LogP contribution is -2.05. The van der Waals surface area contributed by atoms with Gasteiger partial charge in [0.1, 0.15) is 29.4 Å². The summed E-state index contributed by atoms with van der Waals surface area (Å²) in [7, 11) is -4.51. The molecule has 0 unspecified atom stereocenters. The van der Waals surface area contributed by atoms with Crippen LogP contribution in [0.1, 0.15) is 0 Å². The highest BCUT2D eigenvalue weighted by Gasteiger charge is 2.16. The zero-order valence-electron chi connectivity index (χ0n) is 16.8. The van der Waals surface area contributed by atoms with Crippen molar-refractivity contribution in [1.29, 1.82) is 0 Å². The van der Waals surface area contributed by atoms with E-state index in [4.69, 9.17) is 19.5 Å². The number of phosphoric acid groups is 1. The fraction of sp³-hybridized carbons (Fsp3) is 0.0909. The summed E-state index contributed by atoms with van der Waals surface area (Å²) in [6.07, 6.45) is 1.67. The molecule has 0 fully saturated rings. The minimum absolute atomic E-state index is 0.00138. The molecule has 32 heavy (non-hydrogen) atoms. The molecule has 2 aromatic carbocycles. The van der Waals surface area contributed by atoms with E-state index < -0.39 is 7.82 Å². The molecule has 2 heterocycles. The van der Waals surface area contributed by atoms with Crippen molar-refractivity contribution >= 4 is 7.82 Å². The highest BCUT2D eigenvalue weighted by atomic mass is 31.2. The molecule has 0 aliphatic rings. The molecule has 0 saturated carbocycles. The average Bonchev–Trinajstić information content (AvgIpc) is 2.82. The van der Waals surface area contributed by atoms with E-state index >= 15 is 0 Å². The van der Waals surface area contributed by atoms with E-state index in [1.807, 2.05) is 60.7 Å². The second-order valence-corrected chi connectivity index (χ2v) is 7.85. The molecule has 0 bridgehead atoms. The third kappa shape index (κ3) is 5.60. The van der Waals surface area contributed by atoms with Crippen LogP contribution in [-0.4, -0.2) is 43.2 Å². The Morgan fingerprint density at radius 2 is 1.50 bits per heavy atom. The van der Waals surface area contributed by atoms with Crippen molar-refractivity contribution in [2.24, 2.45) is 0 Å². The molecule has 4 rings (SSSR count). The maximum absolute atomic E-state index is 10.7. The average molecular weight is 450 g/mol. The van der Waals surface area contributed by atoms with Gasteiger partial charge in [0, 0.05) is 17.3 Å². The zero-order chi connectivity index (χ0) is 22.4. The van der Waals surface area contributed by atoms with Crippen LogP contribution in [0.15, 0.2) is 79.0 Å². The Balaban J connectivity index is 1.63. The Morgan fingerprint density at radius 1 is 0.781 bits per heavy atom. The van der Waals surface area contributed by atoms with E-state index in [1.165, 1.54) is 0 Å². The third-order valence-corrected chi connectivity index (χ3v) is 4.89. The largest absolute Gasteiger partial charge is 0.491 e. The van der Waals surface area contributed by atoms with Crippen LogP contribution in [0, 0.1) is 0 Å². The number of hydrogen-bond acceptors (Lipinski definition) is 7. The number of pyridine rings is 1. The molecule has 0 aliphatic heterocycles. The molecule has 0 saturated heterocycles. The van der Waals surface area contributed by atoms with Gasteiger partial charge in [-0.15, -0.1) is 10.2 Å². The Bertz CT molecular complexity index is 1220. The predicted molar refractivity (Wildman–Crippen MR) is 117 cm³/mol. The van der Waals surface area contributed by atoms with Crippen LogP contribution in [0.4, 0.5) is 0 Å². The van der Waals surface area contributed by atoms with Crippen LogP contribution in [0.2, 0.25) is 0 Å². The van der Waals surface area contributed by atoms with Gasteiger partial charge >= 0.3 is 7.82 Å². The first-order valence-corrected chi connectivity index (χ1v) is 11.2. The van der Waals surface area contributed by atoms with Gasteiger partial charge in [0.25, 0.3) is 0 Å². The lowest BCUT2D eigenvalue weighted by Gasteiger charge is -2.11. The van der Waals surface area contributed by atoms with Gasteiger partial charge in [0.2, 0.25) is 5.82 Å². The van der Waals surface area contributed by atoms with Crippen LogP contribution in [0.25, 0.3) is 34.0 Å². The monoisotopic (exact) mass is 450 g/mol. The first-order chi connectivity index (χ1) is 15.5. The third-order valence-electron chi connectivity index (χ3n) is 4.37. The van der Waals surface area contributed by atoms with Crippen molar-refractivity contribution in [1.82, 2.24) is 20.2 Å². The van der Waals surface area contributed by atoms with E-state index in [-0.39, 0.29) is 13.2 Å². The van der Waals surface area contributed by atoms with Gasteiger partial charge in [-0.05, 0) is 36.4 Å². The fourth-order valence-electron chi connectivity index (χ4n) is 2.95. The molecule has 2 aromatic heterocycles. The molecular weight excluding hydrogens is 431 g/mol. The summed E-state index contributed by atoms with van der Waals surface area (Å²) in [6, 6.07) is 22.3. The quantitative estimate of drug-likeness (QED) is 0.305. The Kier molecular flexibility index (Phi) is 6.63. The summed E-state index contributed by atoms with van der Waals surface area (Å²) in [4.78, 5) is 26.5. The summed E-state index contributed by atoms with van der Waals surface area (Å²) >= 11 is 0. The molecule has 4 aromatic rings. The van der Waals surface area contributed by atoms with Gasteiger partial charge < -0.3 is 14.5 Å². The van der Waals surface area contributed by atoms with Crippen molar-refractivity contribution in [3.8, 4) is 39.8 Å². The maximum Gasteiger partial charge on any atom is 0.469 e. The van der Waals surface area contributed by atoms with Crippen molar-refractivity contribution < 1.29 is 23.6 Å². The van der Waals surface area contributed by atoms with Crippen molar-refractivity contribution in [3.63, 3.8) is 0 Å². The maximum atomic E-state index is 10.7. The van der Waals surface area contributed by atoms with E-state index in [0.717, 1.165) is 11.1 Å². The summed E-state index contributed by atoms with van der Waals surface area (Å²) in [5, 5.41) is 8.71. The number of phosphoric ester groups is 1. The lowest BCUT2D eigenvalue weighted by atomic mass is 10.0. The summed E-state index contributed by atoms with van der Waals surface area (Å²) in [5.41, 5.74) is 3.57. The Hall–Kier alpha value is -3.49. The molecule has 0 radical (unpaired) electrons. The molecule has 0 aliphatic carbocycles. The number of aromatic nitrogens is 4. The van der Waals surface area contributed by atoms with E-state index in [0.29, 0.717) is 28.7 Å². The Morgan fingerprint density at radius 3 is 2.19 bits per heavy atom. The second kappa shape index (κ2) is 9.76. The molecule has 0 atom stereocenters. The summed E-state index contributed by atoms with van der Waals surface area (Å²) in [5.74, 6) is 0.937. The van der Waals surface area contributed by atoms with E-state index in [2.05, 4.69) is 19.7 Å². The summed E-state index contributed by atoms with van der Waals surface area (Å²) < 4.78 is 20.6. The number of benzene rings is 2. The normalized spacial score (nSPS) is 11.3. The van der Waals surface area contributed by atoms with Gasteiger partial charge in [0.05, 0.1) is 6.61 Å². The smallest absolute Gasteiger partial charge is 0.469 e. The molecule has 9 nitrogen and oxygen atoms in total. The van der Waals surface area contributed by atoms with Gasteiger partial charge in [0.15, 0.2) is 0 Å². The van der Waals surface area contributed by atoms with Crippen LogP contribution < -0.4 is 4.74 Å². The minimum Gasteiger partial charge on any atom is -0.491 e. The number of rotatable bonds is 8. The van der Waals surface area contributed by atoms with Gasteiger partial charge in [-0.25, -0.2) is 9.55 Å². The van der Waals surface area contributed by atoms with Gasteiger partial charge in [-0.2, -0.15) is 0 Å². The van der Waals surface area contributed by atoms with Crippen LogP contribution >= 0.6 is 7.82 Å². The van der Waals surface area contributed by atoms with Crippen LogP contribution in [0.3, 0.4) is 0 Å². The fourth-order valence-corrected chi connectivity index (χ4v) is 3.26. The zero-order valence-corrected chi connectivity index (χ0v) is 17.7. The molecule has 162 valence electrons. The lowest BCUT2D eigenvalue weighted by molar-refractivity contribution is 0.160. The van der Waals surface area contributed by atoms with E-state index in [9.17, 15) is 4.57 Å². The van der Waals surface area contributed by atoms with Gasteiger partial charge in [-0.3, -0.25) is 9.51 Å². The number of hydrogen-bond donors (Lipinski definition) is 2. The molecular formula is C22H19N4O5P. The second-order valence-electron chi connectivity index (χ2n) is 6.61. The summed E-state index contributed by atoms with van der Waals surface area (Å²) in [6.45, 7) is -0.230. The SMILES string of the molecule is O=P(O)(O)OCCOc1ccc(-c2nc(-c3ccccn3)nnc2-c2ccccc2)cc1.